The van der Waals surface area contributed by atoms with E-state index in [-0.39, 0.29) is 25.1 Å². The maximum atomic E-state index is 13.6. The van der Waals surface area contributed by atoms with Crippen LogP contribution in [-0.2, 0) is 27.9 Å². The fourth-order valence-corrected chi connectivity index (χ4v) is 11.6. The number of phosphoric acid groups is 1. The second-order valence-corrected chi connectivity index (χ2v) is 27.6. The van der Waals surface area contributed by atoms with Crippen LogP contribution in [0.3, 0.4) is 0 Å². The number of allylic oxidation sites excluding steroid dienone is 7. The molecule has 0 aromatic rings. The van der Waals surface area contributed by atoms with E-state index in [0.717, 1.165) is 70.6 Å². The van der Waals surface area contributed by atoms with E-state index in [1.54, 1.807) is 0 Å². The summed E-state index contributed by atoms with van der Waals surface area (Å²) in [6.07, 6.45) is 81.2. The average Bonchev–Trinajstić information content (AvgIpc) is 3.64. The number of rotatable bonds is 67. The smallest absolute Gasteiger partial charge is 0.456 e. The van der Waals surface area contributed by atoms with Crippen molar-refractivity contribution in [2.75, 3.05) is 40.9 Å². The van der Waals surface area contributed by atoms with Gasteiger partial charge in [0.2, 0.25) is 5.91 Å². The third-order valence-corrected chi connectivity index (χ3v) is 17.5. The van der Waals surface area contributed by atoms with Crippen molar-refractivity contribution in [1.29, 1.82) is 0 Å². The molecule has 0 saturated carbocycles. The van der Waals surface area contributed by atoms with Gasteiger partial charge in [-0.25, -0.2) is 4.57 Å². The second-order valence-electron chi connectivity index (χ2n) is 26.1. The van der Waals surface area contributed by atoms with E-state index < -0.39 is 20.0 Å². The Labute approximate surface area is 522 Å². The monoisotopic (exact) mass is 1200 g/mol. The highest BCUT2D eigenvalue weighted by atomic mass is 31.2. The number of ether oxygens (including phenoxy) is 1. The number of nitrogens with zero attached hydrogens (tertiary/aromatic N) is 1. The lowest BCUT2D eigenvalue weighted by Gasteiger charge is -2.27. The van der Waals surface area contributed by atoms with Gasteiger partial charge in [0, 0.05) is 12.8 Å². The Morgan fingerprint density at radius 1 is 0.417 bits per heavy atom. The molecule has 0 fully saturated rings. The SMILES string of the molecule is CCCCC/C=C\C/C=C\C/C=C\CCCCCCCCCCCCC(=O)NC(COP(=O)(O)OCC[N+](C)(C)C)C(/C=C/CCCCCCCCCCCC)OC(=O)CCCCCCCCCCCCCCCCCCCCCCCCC. The Kier molecular flexibility index (Phi) is 62.4. The standard InChI is InChI=1S/C74H141N2O7P/c1-7-10-13-16-19-22-25-28-30-32-34-36-38-40-42-44-46-48-51-54-57-60-63-66-73(77)75-71(70-82-84(79,80)81-69-68-76(4,5)6)72(65-62-59-56-53-50-27-24-21-18-15-12-9-3)83-74(78)67-64-61-58-55-52-49-47-45-43-41-39-37-35-33-31-29-26-23-20-17-14-11-8-2/h19,22,28,30,34,36,62,65,71-72H,7-18,20-21,23-27,29,31-33,35,37-61,63-64,66-70H2,1-6H3,(H-,75,77,79,80)/p+1/b22-19-,30-28-,36-34-,65-62+. The highest BCUT2D eigenvalue weighted by Crippen LogP contribution is 2.43. The number of quaternary nitrogens is 1. The van der Waals surface area contributed by atoms with Crippen molar-refractivity contribution < 1.29 is 37.3 Å². The van der Waals surface area contributed by atoms with Crippen molar-refractivity contribution in [1.82, 2.24) is 5.32 Å². The summed E-state index contributed by atoms with van der Waals surface area (Å²) in [7, 11) is 1.51. The summed E-state index contributed by atoms with van der Waals surface area (Å²) >= 11 is 0. The third-order valence-electron chi connectivity index (χ3n) is 16.5. The van der Waals surface area contributed by atoms with E-state index in [2.05, 4.69) is 62.5 Å². The van der Waals surface area contributed by atoms with Crippen molar-refractivity contribution >= 4 is 19.7 Å². The molecule has 84 heavy (non-hydrogen) atoms. The minimum atomic E-state index is -4.45. The van der Waals surface area contributed by atoms with Crippen LogP contribution in [-0.4, -0.2) is 74.3 Å². The molecule has 0 bridgehead atoms. The summed E-state index contributed by atoms with van der Waals surface area (Å²) in [5.41, 5.74) is 0. The van der Waals surface area contributed by atoms with E-state index in [1.807, 2.05) is 33.3 Å². The first-order valence-electron chi connectivity index (χ1n) is 36.5. The number of carbonyl (C=O) groups is 2. The molecule has 0 spiro atoms. The van der Waals surface area contributed by atoms with Gasteiger partial charge < -0.3 is 19.4 Å². The molecule has 1 amide bonds. The molecule has 0 saturated heterocycles. The van der Waals surface area contributed by atoms with Crippen LogP contribution < -0.4 is 5.32 Å². The molecule has 10 heteroatoms. The minimum Gasteiger partial charge on any atom is -0.456 e. The first-order valence-corrected chi connectivity index (χ1v) is 38.0. The Bertz CT molecular complexity index is 1570. The number of likely N-dealkylation sites (N-methyl/N-ethyl adjacent to an activating group) is 1. The number of unbranched alkanes of at least 4 members (excludes halogenated alkanes) is 45. The number of esters is 1. The van der Waals surface area contributed by atoms with E-state index in [0.29, 0.717) is 23.9 Å². The van der Waals surface area contributed by atoms with Gasteiger partial charge in [-0.05, 0) is 70.3 Å². The van der Waals surface area contributed by atoms with Gasteiger partial charge in [-0.3, -0.25) is 18.6 Å². The van der Waals surface area contributed by atoms with Gasteiger partial charge in [0.05, 0.1) is 33.8 Å². The molecule has 9 nitrogen and oxygen atoms in total. The summed E-state index contributed by atoms with van der Waals surface area (Å²) in [5.74, 6) is -0.491. The highest BCUT2D eigenvalue weighted by Gasteiger charge is 2.30. The van der Waals surface area contributed by atoms with Crippen molar-refractivity contribution in [2.24, 2.45) is 0 Å². The van der Waals surface area contributed by atoms with Gasteiger partial charge in [0.1, 0.15) is 19.3 Å². The number of carbonyl (C=O) groups excluding carboxylic acids is 2. The predicted octanol–water partition coefficient (Wildman–Crippen LogP) is 23.2. The van der Waals surface area contributed by atoms with E-state index in [9.17, 15) is 19.0 Å². The zero-order chi connectivity index (χ0) is 61.4. The summed E-state index contributed by atoms with van der Waals surface area (Å²) < 4.78 is 30.9. The molecule has 0 aliphatic carbocycles. The normalized spacial score (nSPS) is 13.8. The molecule has 2 N–H and O–H groups in total. The molecule has 0 aliphatic heterocycles. The van der Waals surface area contributed by atoms with Crippen molar-refractivity contribution in [2.45, 2.75) is 373 Å². The second kappa shape index (κ2) is 64.0. The first kappa shape index (κ1) is 82.0. The van der Waals surface area contributed by atoms with Crippen LogP contribution in [0.2, 0.25) is 0 Å². The minimum absolute atomic E-state index is 0.0411. The van der Waals surface area contributed by atoms with E-state index in [1.165, 1.54) is 257 Å². The largest absolute Gasteiger partial charge is 0.472 e. The fourth-order valence-electron chi connectivity index (χ4n) is 10.9. The van der Waals surface area contributed by atoms with Crippen molar-refractivity contribution in [3.63, 3.8) is 0 Å². The number of phosphoric ester groups is 1. The van der Waals surface area contributed by atoms with Crippen LogP contribution in [0.15, 0.2) is 48.6 Å². The lowest BCUT2D eigenvalue weighted by molar-refractivity contribution is -0.870. The van der Waals surface area contributed by atoms with Gasteiger partial charge >= 0.3 is 13.8 Å². The molecule has 0 radical (unpaired) electrons. The van der Waals surface area contributed by atoms with Gasteiger partial charge in [-0.1, -0.05) is 327 Å². The van der Waals surface area contributed by atoms with Gasteiger partial charge in [0.25, 0.3) is 0 Å². The van der Waals surface area contributed by atoms with Gasteiger partial charge in [0.15, 0.2) is 0 Å². The highest BCUT2D eigenvalue weighted by molar-refractivity contribution is 7.47. The molecule has 0 rings (SSSR count). The lowest BCUT2D eigenvalue weighted by atomic mass is 10.0. The van der Waals surface area contributed by atoms with Gasteiger partial charge in [-0.15, -0.1) is 0 Å². The van der Waals surface area contributed by atoms with Crippen molar-refractivity contribution in [3.8, 4) is 0 Å². The van der Waals surface area contributed by atoms with Crippen LogP contribution in [0.25, 0.3) is 0 Å². The summed E-state index contributed by atoms with van der Waals surface area (Å²) in [5, 5.41) is 3.08. The van der Waals surface area contributed by atoms with Gasteiger partial charge in [-0.2, -0.15) is 0 Å². The molecular weight excluding hydrogens is 1060 g/mol. The number of amides is 1. The molecule has 3 atom stereocenters. The summed E-state index contributed by atoms with van der Waals surface area (Å²) in [4.78, 5) is 37.9. The molecular formula is C74H142N2O7P+. The number of hydrogen-bond donors (Lipinski definition) is 2. The van der Waals surface area contributed by atoms with Crippen LogP contribution in [0.1, 0.15) is 361 Å². The van der Waals surface area contributed by atoms with E-state index in [4.69, 9.17) is 13.8 Å². The number of nitrogens with one attached hydrogen (secondary N) is 1. The molecule has 494 valence electrons. The lowest BCUT2D eigenvalue weighted by Crippen LogP contribution is -2.47. The molecule has 0 aliphatic rings. The Morgan fingerprint density at radius 3 is 1.11 bits per heavy atom. The Balaban J connectivity index is 5.03. The van der Waals surface area contributed by atoms with Crippen LogP contribution in [0, 0.1) is 0 Å². The first-order chi connectivity index (χ1) is 40.9. The third kappa shape index (κ3) is 64.4. The topological polar surface area (TPSA) is 111 Å². The zero-order valence-corrected chi connectivity index (χ0v) is 57.6. The fraction of sp³-hybridized carbons (Fsp3) is 0.865. The molecule has 0 aromatic heterocycles. The Hall–Kier alpha value is -2.03. The van der Waals surface area contributed by atoms with Crippen LogP contribution >= 0.6 is 7.82 Å². The van der Waals surface area contributed by atoms with Crippen LogP contribution in [0.5, 0.6) is 0 Å². The molecule has 0 aromatic carbocycles. The zero-order valence-electron chi connectivity index (χ0n) is 56.7. The molecule has 3 unspecified atom stereocenters. The van der Waals surface area contributed by atoms with Crippen molar-refractivity contribution in [3.05, 3.63) is 48.6 Å². The summed E-state index contributed by atoms with van der Waals surface area (Å²) in [6, 6.07) is -0.849. The molecule has 0 heterocycles. The maximum absolute atomic E-state index is 13.6. The quantitative estimate of drug-likeness (QED) is 0.0205. The number of hydrogen-bond acceptors (Lipinski definition) is 6. The van der Waals surface area contributed by atoms with E-state index >= 15 is 0 Å². The van der Waals surface area contributed by atoms with Crippen LogP contribution in [0.4, 0.5) is 0 Å². The average molecular weight is 1200 g/mol. The predicted molar refractivity (Wildman–Crippen MR) is 365 cm³/mol. The summed E-state index contributed by atoms with van der Waals surface area (Å²) in [6.45, 7) is 7.04. The maximum Gasteiger partial charge on any atom is 0.472 e. The Morgan fingerprint density at radius 2 is 0.726 bits per heavy atom.